The number of nitrogens with one attached hydrogen (secondary N) is 1. The largest absolute Gasteiger partial charge is 0.495 e. The molecule has 5 heteroatoms. The molecule has 2 aromatic rings. The summed E-state index contributed by atoms with van der Waals surface area (Å²) in [6, 6.07) is 9.52. The monoisotopic (exact) mass is 325 g/mol. The van der Waals surface area contributed by atoms with E-state index in [9.17, 15) is 0 Å². The van der Waals surface area contributed by atoms with Gasteiger partial charge in [-0.25, -0.2) is 0 Å². The van der Waals surface area contributed by atoms with Crippen molar-refractivity contribution in [3.05, 3.63) is 45.9 Å². The highest BCUT2D eigenvalue weighted by Crippen LogP contribution is 2.43. The van der Waals surface area contributed by atoms with Gasteiger partial charge in [0, 0.05) is 17.1 Å². The fourth-order valence-corrected chi connectivity index (χ4v) is 2.74. The van der Waals surface area contributed by atoms with E-state index in [1.807, 2.05) is 37.4 Å². The Morgan fingerprint density at radius 2 is 1.76 bits per heavy atom. The molecule has 2 rings (SSSR count). The van der Waals surface area contributed by atoms with Crippen LogP contribution in [0.4, 0.5) is 0 Å². The molecule has 21 heavy (non-hydrogen) atoms. The third-order valence-corrected chi connectivity index (χ3v) is 3.81. The lowest BCUT2D eigenvalue weighted by Gasteiger charge is -2.16. The zero-order valence-electron chi connectivity index (χ0n) is 12.2. The average molecular weight is 326 g/mol. The Hall–Kier alpha value is -1.42. The number of hydrogen-bond donors (Lipinski definition) is 1. The quantitative estimate of drug-likeness (QED) is 0.883. The molecule has 0 aromatic heterocycles. The van der Waals surface area contributed by atoms with Gasteiger partial charge in [-0.05, 0) is 42.4 Å². The third kappa shape index (κ3) is 3.26. The van der Waals surface area contributed by atoms with Crippen LogP contribution in [0.3, 0.4) is 0 Å². The van der Waals surface area contributed by atoms with Crippen LogP contribution in [-0.4, -0.2) is 21.3 Å². The first-order valence-electron chi connectivity index (χ1n) is 6.46. The highest BCUT2D eigenvalue weighted by molar-refractivity contribution is 6.34. The van der Waals surface area contributed by atoms with Crippen molar-refractivity contribution in [2.75, 3.05) is 21.3 Å². The van der Waals surface area contributed by atoms with Gasteiger partial charge in [-0.2, -0.15) is 0 Å². The third-order valence-electron chi connectivity index (χ3n) is 3.22. The maximum absolute atomic E-state index is 6.33. The van der Waals surface area contributed by atoms with E-state index in [2.05, 4.69) is 5.32 Å². The molecule has 0 bridgehead atoms. The molecular formula is C16H17Cl2NO2. The number of methoxy groups -OCH3 is 2. The normalized spacial score (nSPS) is 10.5. The number of hydrogen-bond acceptors (Lipinski definition) is 3. The van der Waals surface area contributed by atoms with Gasteiger partial charge in [-0.3, -0.25) is 0 Å². The van der Waals surface area contributed by atoms with Crippen molar-refractivity contribution in [3.63, 3.8) is 0 Å². The average Bonchev–Trinajstić information content (AvgIpc) is 2.49. The van der Waals surface area contributed by atoms with E-state index < -0.39 is 0 Å². The predicted octanol–water partition coefficient (Wildman–Crippen LogP) is 4.40. The Balaban J connectivity index is 2.66. The molecule has 1 N–H and O–H groups in total. The number of halogens is 2. The van der Waals surface area contributed by atoms with Gasteiger partial charge >= 0.3 is 0 Å². The van der Waals surface area contributed by atoms with E-state index in [1.165, 1.54) is 0 Å². The van der Waals surface area contributed by atoms with Crippen LogP contribution >= 0.6 is 23.2 Å². The fraction of sp³-hybridized carbons (Fsp3) is 0.250. The zero-order chi connectivity index (χ0) is 15.4. The van der Waals surface area contributed by atoms with Crippen LogP contribution in [0.5, 0.6) is 11.5 Å². The summed E-state index contributed by atoms with van der Waals surface area (Å²) in [4.78, 5) is 0. The molecule has 0 atom stereocenters. The second-order valence-corrected chi connectivity index (χ2v) is 5.31. The number of ether oxygens (including phenoxy) is 2. The number of rotatable bonds is 5. The van der Waals surface area contributed by atoms with Gasteiger partial charge in [0.1, 0.15) is 16.5 Å². The smallest absolute Gasteiger partial charge is 0.149 e. The zero-order valence-corrected chi connectivity index (χ0v) is 13.7. The minimum atomic E-state index is 0.452. The molecule has 112 valence electrons. The van der Waals surface area contributed by atoms with Gasteiger partial charge in [0.15, 0.2) is 0 Å². The maximum atomic E-state index is 6.33. The summed E-state index contributed by atoms with van der Waals surface area (Å²) >= 11 is 12.5. The molecule has 0 spiro atoms. The summed E-state index contributed by atoms with van der Waals surface area (Å²) in [6.07, 6.45) is 0. The van der Waals surface area contributed by atoms with E-state index in [-0.39, 0.29) is 0 Å². The lowest BCUT2D eigenvalue weighted by atomic mass is 9.98. The molecule has 2 aromatic carbocycles. The Labute approximate surface area is 134 Å². The SMILES string of the molecule is CNCc1ccc(Cl)cc1-c1ccc(OC)c(Cl)c1OC. The molecule has 0 aliphatic rings. The molecule has 3 nitrogen and oxygen atoms in total. The van der Waals surface area contributed by atoms with Crippen molar-refractivity contribution in [2.24, 2.45) is 0 Å². The van der Waals surface area contributed by atoms with Crippen molar-refractivity contribution >= 4 is 23.2 Å². The van der Waals surface area contributed by atoms with Gasteiger partial charge in [0.05, 0.1) is 14.2 Å². The van der Waals surface area contributed by atoms with Crippen LogP contribution in [0.15, 0.2) is 30.3 Å². The fourth-order valence-electron chi connectivity index (χ4n) is 2.25. The predicted molar refractivity (Wildman–Crippen MR) is 87.8 cm³/mol. The molecule has 0 radical (unpaired) electrons. The van der Waals surface area contributed by atoms with E-state index in [4.69, 9.17) is 32.7 Å². The second kappa shape index (κ2) is 7.03. The Morgan fingerprint density at radius 3 is 2.38 bits per heavy atom. The summed E-state index contributed by atoms with van der Waals surface area (Å²) < 4.78 is 10.7. The molecule has 0 saturated heterocycles. The number of benzene rings is 2. The first-order valence-corrected chi connectivity index (χ1v) is 7.21. The van der Waals surface area contributed by atoms with E-state index in [0.717, 1.165) is 23.2 Å². The molecular weight excluding hydrogens is 309 g/mol. The summed E-state index contributed by atoms with van der Waals surface area (Å²) in [5.41, 5.74) is 2.98. The van der Waals surface area contributed by atoms with Crippen molar-refractivity contribution in [2.45, 2.75) is 6.54 Å². The van der Waals surface area contributed by atoms with E-state index in [1.54, 1.807) is 14.2 Å². The Morgan fingerprint density at radius 1 is 1.00 bits per heavy atom. The van der Waals surface area contributed by atoms with Gasteiger partial charge < -0.3 is 14.8 Å². The van der Waals surface area contributed by atoms with E-state index in [0.29, 0.717) is 21.5 Å². The Bertz CT molecular complexity index is 644. The Kier molecular flexibility index (Phi) is 5.34. The van der Waals surface area contributed by atoms with Crippen molar-refractivity contribution in [1.29, 1.82) is 0 Å². The highest BCUT2D eigenvalue weighted by atomic mass is 35.5. The minimum absolute atomic E-state index is 0.452. The van der Waals surface area contributed by atoms with Gasteiger partial charge in [-0.15, -0.1) is 0 Å². The first kappa shape index (κ1) is 16.0. The standard InChI is InChI=1S/C16H17Cl2NO2/c1-19-9-10-4-5-11(17)8-13(10)12-6-7-14(20-2)15(18)16(12)21-3/h4-8,19H,9H2,1-3H3. The maximum Gasteiger partial charge on any atom is 0.149 e. The van der Waals surface area contributed by atoms with Gasteiger partial charge in [0.2, 0.25) is 0 Å². The highest BCUT2D eigenvalue weighted by Gasteiger charge is 2.17. The van der Waals surface area contributed by atoms with Crippen molar-refractivity contribution in [1.82, 2.24) is 5.32 Å². The molecule has 0 aliphatic heterocycles. The van der Waals surface area contributed by atoms with Crippen LogP contribution in [0, 0.1) is 0 Å². The first-order chi connectivity index (χ1) is 10.1. The van der Waals surface area contributed by atoms with Gasteiger partial charge in [0.25, 0.3) is 0 Å². The lowest BCUT2D eigenvalue weighted by molar-refractivity contribution is 0.396. The molecule has 0 aliphatic carbocycles. The molecule has 0 amide bonds. The van der Waals surface area contributed by atoms with Crippen LogP contribution in [0.25, 0.3) is 11.1 Å². The summed E-state index contributed by atoms with van der Waals surface area (Å²) in [7, 11) is 5.06. The second-order valence-electron chi connectivity index (χ2n) is 4.49. The van der Waals surface area contributed by atoms with Crippen LogP contribution in [0.1, 0.15) is 5.56 Å². The summed E-state index contributed by atoms with van der Waals surface area (Å²) in [5, 5.41) is 4.26. The minimum Gasteiger partial charge on any atom is -0.495 e. The molecule has 0 saturated carbocycles. The molecule has 0 fully saturated rings. The van der Waals surface area contributed by atoms with E-state index >= 15 is 0 Å². The van der Waals surface area contributed by atoms with Crippen molar-refractivity contribution in [3.8, 4) is 22.6 Å². The summed E-state index contributed by atoms with van der Waals surface area (Å²) in [6.45, 7) is 0.722. The molecule has 0 unspecified atom stereocenters. The topological polar surface area (TPSA) is 30.5 Å². The molecule has 0 heterocycles. The van der Waals surface area contributed by atoms with Gasteiger partial charge in [-0.1, -0.05) is 29.3 Å². The van der Waals surface area contributed by atoms with Crippen LogP contribution < -0.4 is 14.8 Å². The summed E-state index contributed by atoms with van der Waals surface area (Å²) in [5.74, 6) is 1.16. The van der Waals surface area contributed by atoms with Crippen LogP contribution in [0.2, 0.25) is 10.0 Å². The van der Waals surface area contributed by atoms with Crippen LogP contribution in [-0.2, 0) is 6.54 Å². The van der Waals surface area contributed by atoms with Crippen molar-refractivity contribution < 1.29 is 9.47 Å². The lowest BCUT2D eigenvalue weighted by Crippen LogP contribution is -2.06.